The van der Waals surface area contributed by atoms with Crippen molar-refractivity contribution >= 4 is 33.5 Å². The largest absolute Gasteiger partial charge is 0.507 e. The second-order valence-electron chi connectivity index (χ2n) is 8.85. The molecule has 0 radical (unpaired) electrons. The summed E-state index contributed by atoms with van der Waals surface area (Å²) in [5.74, 6) is 1.62. The summed E-state index contributed by atoms with van der Waals surface area (Å²) in [7, 11) is 1.67. The van der Waals surface area contributed by atoms with Crippen molar-refractivity contribution in [3.05, 3.63) is 87.1 Å². The van der Waals surface area contributed by atoms with Crippen LogP contribution in [0.2, 0.25) is 0 Å². The minimum atomic E-state index is -0.147. The van der Waals surface area contributed by atoms with Crippen LogP contribution in [0.3, 0.4) is 0 Å². The van der Waals surface area contributed by atoms with E-state index in [0.29, 0.717) is 23.4 Å². The van der Waals surface area contributed by atoms with Crippen LogP contribution in [-0.2, 0) is 6.54 Å². The number of ketones is 1. The lowest BCUT2D eigenvalue weighted by Crippen LogP contribution is -2.46. The van der Waals surface area contributed by atoms with E-state index >= 15 is 0 Å². The SMILES string of the molecule is COc1ccc(N2CCN(Cc3c(O)cc(C)c4c3O/C(=C\c3ccc(Br)cc3)C4=O)CC2)cc1. The molecular formula is C28H27BrN2O4. The van der Waals surface area contributed by atoms with E-state index in [0.717, 1.165) is 47.5 Å². The van der Waals surface area contributed by atoms with Crippen molar-refractivity contribution in [3.8, 4) is 17.2 Å². The number of anilines is 1. The minimum Gasteiger partial charge on any atom is -0.507 e. The van der Waals surface area contributed by atoms with Crippen molar-refractivity contribution < 1.29 is 19.4 Å². The van der Waals surface area contributed by atoms with Crippen LogP contribution in [0.1, 0.15) is 27.0 Å². The highest BCUT2D eigenvalue weighted by atomic mass is 79.9. The number of rotatable bonds is 5. The lowest BCUT2D eigenvalue weighted by Gasteiger charge is -2.36. The zero-order valence-electron chi connectivity index (χ0n) is 19.8. The van der Waals surface area contributed by atoms with Gasteiger partial charge in [0.05, 0.1) is 18.2 Å². The monoisotopic (exact) mass is 534 g/mol. The third kappa shape index (κ3) is 4.79. The van der Waals surface area contributed by atoms with Crippen molar-refractivity contribution in [1.82, 2.24) is 4.90 Å². The van der Waals surface area contributed by atoms with Gasteiger partial charge in [0, 0.05) is 42.9 Å². The van der Waals surface area contributed by atoms with Crippen molar-refractivity contribution in [1.29, 1.82) is 0 Å². The van der Waals surface area contributed by atoms with E-state index < -0.39 is 0 Å². The summed E-state index contributed by atoms with van der Waals surface area (Å²) < 4.78 is 12.3. The number of methoxy groups -OCH3 is 1. The number of aryl methyl sites for hydroxylation is 1. The molecule has 2 aliphatic rings. The Kier molecular flexibility index (Phi) is 6.54. The highest BCUT2D eigenvalue weighted by molar-refractivity contribution is 9.10. The van der Waals surface area contributed by atoms with E-state index in [1.807, 2.05) is 43.3 Å². The lowest BCUT2D eigenvalue weighted by atomic mass is 9.99. The molecule has 0 aliphatic carbocycles. The van der Waals surface area contributed by atoms with Crippen LogP contribution >= 0.6 is 15.9 Å². The number of piperazine rings is 1. The fourth-order valence-electron chi connectivity index (χ4n) is 4.62. The maximum atomic E-state index is 13.2. The Bertz CT molecular complexity index is 1280. The Morgan fingerprint density at radius 1 is 1.06 bits per heavy atom. The Hall–Kier alpha value is -3.29. The molecule has 0 atom stereocenters. The number of hydrogen-bond acceptors (Lipinski definition) is 6. The molecule has 1 fully saturated rings. The molecule has 0 unspecified atom stereocenters. The van der Waals surface area contributed by atoms with Crippen molar-refractivity contribution in [3.63, 3.8) is 0 Å². The normalized spacial score (nSPS) is 16.9. The van der Waals surface area contributed by atoms with Gasteiger partial charge in [0.25, 0.3) is 0 Å². The number of aromatic hydroxyl groups is 1. The Balaban J connectivity index is 1.33. The summed E-state index contributed by atoms with van der Waals surface area (Å²) in [4.78, 5) is 17.8. The maximum absolute atomic E-state index is 13.2. The molecule has 1 N–H and O–H groups in total. The van der Waals surface area contributed by atoms with E-state index in [1.165, 1.54) is 5.69 Å². The van der Waals surface area contributed by atoms with Gasteiger partial charge in [-0.25, -0.2) is 0 Å². The molecule has 180 valence electrons. The number of carbonyl (C=O) groups is 1. The average molecular weight is 535 g/mol. The predicted octanol–water partition coefficient (Wildman–Crippen LogP) is 5.41. The van der Waals surface area contributed by atoms with Crippen LogP contribution < -0.4 is 14.4 Å². The topological polar surface area (TPSA) is 62.2 Å². The number of Topliss-reactive ketones (excluding diaryl/α,β-unsaturated/α-hetero) is 1. The zero-order chi connectivity index (χ0) is 24.5. The second-order valence-corrected chi connectivity index (χ2v) is 9.76. The second kappa shape index (κ2) is 9.76. The summed E-state index contributed by atoms with van der Waals surface area (Å²) in [5.41, 5.74) is 3.97. The van der Waals surface area contributed by atoms with Gasteiger partial charge in [0.2, 0.25) is 5.78 Å². The molecule has 2 aliphatic heterocycles. The van der Waals surface area contributed by atoms with Gasteiger partial charge in [-0.3, -0.25) is 9.69 Å². The van der Waals surface area contributed by atoms with Gasteiger partial charge in [-0.2, -0.15) is 0 Å². The van der Waals surface area contributed by atoms with Crippen molar-refractivity contribution in [2.24, 2.45) is 0 Å². The first-order valence-corrected chi connectivity index (χ1v) is 12.4. The number of fused-ring (bicyclic) bond motifs is 1. The molecule has 6 nitrogen and oxygen atoms in total. The van der Waals surface area contributed by atoms with Gasteiger partial charge >= 0.3 is 0 Å². The number of phenolic OH excluding ortho intramolecular Hbond substituents is 1. The van der Waals surface area contributed by atoms with E-state index in [9.17, 15) is 9.90 Å². The molecule has 7 heteroatoms. The Morgan fingerprint density at radius 3 is 2.40 bits per heavy atom. The number of ether oxygens (including phenoxy) is 2. The first-order chi connectivity index (χ1) is 16.9. The number of phenols is 1. The maximum Gasteiger partial charge on any atom is 0.232 e. The number of nitrogens with zero attached hydrogens (tertiary/aromatic N) is 2. The molecule has 3 aromatic carbocycles. The number of halogens is 1. The van der Waals surface area contributed by atoms with Crippen LogP contribution in [0.5, 0.6) is 17.2 Å². The van der Waals surface area contributed by atoms with E-state index in [2.05, 4.69) is 37.9 Å². The molecule has 0 spiro atoms. The van der Waals surface area contributed by atoms with Crippen LogP contribution in [-0.4, -0.2) is 49.1 Å². The van der Waals surface area contributed by atoms with Crippen LogP contribution in [0.15, 0.2) is 64.8 Å². The van der Waals surface area contributed by atoms with E-state index in [4.69, 9.17) is 9.47 Å². The van der Waals surface area contributed by atoms with Gasteiger partial charge in [-0.05, 0) is 66.6 Å². The van der Waals surface area contributed by atoms with Crippen LogP contribution in [0, 0.1) is 6.92 Å². The van der Waals surface area contributed by atoms with Gasteiger partial charge in [0.1, 0.15) is 17.2 Å². The molecule has 0 aromatic heterocycles. The molecular weight excluding hydrogens is 508 g/mol. The lowest BCUT2D eigenvalue weighted by molar-refractivity contribution is 0.101. The third-order valence-electron chi connectivity index (χ3n) is 6.58. The zero-order valence-corrected chi connectivity index (χ0v) is 21.3. The summed E-state index contributed by atoms with van der Waals surface area (Å²) in [6.07, 6.45) is 1.75. The third-order valence-corrected chi connectivity index (χ3v) is 7.11. The molecule has 2 heterocycles. The predicted molar refractivity (Wildman–Crippen MR) is 140 cm³/mol. The van der Waals surface area contributed by atoms with Gasteiger partial charge in [0.15, 0.2) is 5.76 Å². The van der Waals surface area contributed by atoms with Crippen molar-refractivity contribution in [2.75, 3.05) is 38.2 Å². The van der Waals surface area contributed by atoms with Crippen LogP contribution in [0.25, 0.3) is 6.08 Å². The first-order valence-electron chi connectivity index (χ1n) is 11.6. The average Bonchev–Trinajstić information content (AvgIpc) is 3.19. The summed E-state index contributed by atoms with van der Waals surface area (Å²) in [5, 5.41) is 10.8. The summed E-state index contributed by atoms with van der Waals surface area (Å²) in [6.45, 7) is 5.77. The fourth-order valence-corrected chi connectivity index (χ4v) is 4.89. The number of hydrogen-bond donors (Lipinski definition) is 1. The standard InChI is InChI=1S/C28H27BrN2O4/c1-18-15-24(32)23(17-30-11-13-31(14-12-30)21-7-9-22(34-2)10-8-21)28-26(18)27(33)25(35-28)16-19-3-5-20(29)6-4-19/h3-10,15-16,32H,11-14,17H2,1-2H3/b25-16-. The van der Waals surface area contributed by atoms with E-state index in [-0.39, 0.29) is 17.3 Å². The molecule has 0 amide bonds. The van der Waals surface area contributed by atoms with Crippen molar-refractivity contribution in [2.45, 2.75) is 13.5 Å². The molecule has 5 rings (SSSR count). The van der Waals surface area contributed by atoms with Gasteiger partial charge in [-0.1, -0.05) is 28.1 Å². The quantitative estimate of drug-likeness (QED) is 0.441. The molecule has 1 saturated heterocycles. The molecule has 3 aromatic rings. The smallest absolute Gasteiger partial charge is 0.232 e. The molecule has 0 saturated carbocycles. The molecule has 0 bridgehead atoms. The number of allylic oxidation sites excluding steroid dienone is 1. The number of carbonyl (C=O) groups excluding carboxylic acids is 1. The van der Waals surface area contributed by atoms with Gasteiger partial charge in [-0.15, -0.1) is 0 Å². The van der Waals surface area contributed by atoms with Crippen LogP contribution in [0.4, 0.5) is 5.69 Å². The summed E-state index contributed by atoms with van der Waals surface area (Å²) >= 11 is 3.43. The van der Waals surface area contributed by atoms with Gasteiger partial charge < -0.3 is 19.5 Å². The number of benzene rings is 3. The highest BCUT2D eigenvalue weighted by Crippen LogP contribution is 2.42. The summed E-state index contributed by atoms with van der Waals surface area (Å²) in [6, 6.07) is 17.5. The van der Waals surface area contributed by atoms with E-state index in [1.54, 1.807) is 19.3 Å². The fraction of sp³-hybridized carbons (Fsp3) is 0.250. The highest BCUT2D eigenvalue weighted by Gasteiger charge is 2.34. The Morgan fingerprint density at radius 2 is 1.74 bits per heavy atom. The minimum absolute atomic E-state index is 0.147. The Labute approximate surface area is 213 Å². The first kappa shape index (κ1) is 23.5. The molecule has 35 heavy (non-hydrogen) atoms.